The van der Waals surface area contributed by atoms with Crippen LogP contribution in [0.1, 0.15) is 16.1 Å². The van der Waals surface area contributed by atoms with Gasteiger partial charge in [-0.25, -0.2) is 9.37 Å². The van der Waals surface area contributed by atoms with Gasteiger partial charge in [0.15, 0.2) is 11.5 Å². The molecule has 0 N–H and O–H groups in total. The Balaban J connectivity index is 1.80. The van der Waals surface area contributed by atoms with Gasteiger partial charge >= 0.3 is 0 Å². The van der Waals surface area contributed by atoms with Crippen molar-refractivity contribution in [3.05, 3.63) is 63.9 Å². The SMILES string of the molecule is COc1ccc(-c2nc(C(=O)N(C)Cc3c(F)cccc3Cl)cs2)cc1OC. The van der Waals surface area contributed by atoms with Crippen molar-refractivity contribution in [3.8, 4) is 22.1 Å². The number of thiazole rings is 1. The van der Waals surface area contributed by atoms with Crippen LogP contribution in [0, 0.1) is 5.82 Å². The summed E-state index contributed by atoms with van der Waals surface area (Å²) >= 11 is 7.39. The highest BCUT2D eigenvalue weighted by Crippen LogP contribution is 2.33. The maximum atomic E-state index is 14.0. The van der Waals surface area contributed by atoms with E-state index in [1.165, 1.54) is 28.4 Å². The number of benzene rings is 2. The largest absolute Gasteiger partial charge is 0.493 e. The molecule has 8 heteroatoms. The Bertz CT molecular complexity index is 989. The minimum absolute atomic E-state index is 0.0492. The minimum Gasteiger partial charge on any atom is -0.493 e. The number of nitrogens with zero attached hydrogens (tertiary/aromatic N) is 2. The van der Waals surface area contributed by atoms with Gasteiger partial charge in [0.05, 0.1) is 20.8 Å². The van der Waals surface area contributed by atoms with Crippen LogP contribution in [0.5, 0.6) is 11.5 Å². The Morgan fingerprint density at radius 3 is 2.64 bits per heavy atom. The van der Waals surface area contributed by atoms with Crippen LogP contribution in [-0.2, 0) is 6.54 Å². The molecule has 5 nitrogen and oxygen atoms in total. The molecule has 146 valence electrons. The van der Waals surface area contributed by atoms with E-state index in [9.17, 15) is 9.18 Å². The third kappa shape index (κ3) is 4.10. The van der Waals surface area contributed by atoms with E-state index in [1.54, 1.807) is 44.8 Å². The van der Waals surface area contributed by atoms with Crippen LogP contribution >= 0.6 is 22.9 Å². The van der Waals surface area contributed by atoms with Crippen molar-refractivity contribution in [1.29, 1.82) is 0 Å². The highest BCUT2D eigenvalue weighted by Gasteiger charge is 2.19. The van der Waals surface area contributed by atoms with Crippen molar-refractivity contribution in [2.75, 3.05) is 21.3 Å². The van der Waals surface area contributed by atoms with E-state index in [0.717, 1.165) is 5.56 Å². The molecule has 0 aliphatic carbocycles. The topological polar surface area (TPSA) is 51.7 Å². The quantitative estimate of drug-likeness (QED) is 0.569. The summed E-state index contributed by atoms with van der Waals surface area (Å²) in [5.41, 5.74) is 1.36. The average Bonchev–Trinajstić information content (AvgIpc) is 3.19. The zero-order chi connectivity index (χ0) is 20.3. The molecular formula is C20H18ClFN2O3S. The van der Waals surface area contributed by atoms with Crippen LogP contribution in [-0.4, -0.2) is 37.1 Å². The number of ether oxygens (including phenoxy) is 2. The molecule has 0 aliphatic rings. The van der Waals surface area contributed by atoms with Gasteiger partial charge in [0.25, 0.3) is 5.91 Å². The van der Waals surface area contributed by atoms with Gasteiger partial charge in [0.1, 0.15) is 16.5 Å². The first kappa shape index (κ1) is 20.1. The lowest BCUT2D eigenvalue weighted by atomic mass is 10.2. The first-order valence-corrected chi connectivity index (χ1v) is 9.56. The lowest BCUT2D eigenvalue weighted by Crippen LogP contribution is -2.27. The smallest absolute Gasteiger partial charge is 0.273 e. The van der Waals surface area contributed by atoms with Crippen molar-refractivity contribution in [3.63, 3.8) is 0 Å². The second-order valence-electron chi connectivity index (χ2n) is 5.97. The summed E-state index contributed by atoms with van der Waals surface area (Å²) in [5.74, 6) is 0.425. The Hall–Kier alpha value is -2.64. The number of amides is 1. The van der Waals surface area contributed by atoms with Gasteiger partial charge in [-0.15, -0.1) is 11.3 Å². The maximum Gasteiger partial charge on any atom is 0.273 e. The van der Waals surface area contributed by atoms with E-state index in [0.29, 0.717) is 16.5 Å². The Morgan fingerprint density at radius 1 is 1.21 bits per heavy atom. The van der Waals surface area contributed by atoms with E-state index < -0.39 is 5.82 Å². The number of carbonyl (C=O) groups is 1. The molecule has 0 saturated heterocycles. The van der Waals surface area contributed by atoms with E-state index in [2.05, 4.69) is 4.98 Å². The van der Waals surface area contributed by atoms with Gasteiger partial charge < -0.3 is 14.4 Å². The number of rotatable bonds is 6. The normalized spacial score (nSPS) is 10.6. The van der Waals surface area contributed by atoms with Crippen LogP contribution < -0.4 is 9.47 Å². The van der Waals surface area contributed by atoms with Gasteiger partial charge in [-0.1, -0.05) is 17.7 Å². The summed E-state index contributed by atoms with van der Waals surface area (Å²) in [7, 11) is 4.71. The molecule has 3 aromatic rings. The first-order valence-electron chi connectivity index (χ1n) is 8.31. The molecule has 28 heavy (non-hydrogen) atoms. The summed E-state index contributed by atoms with van der Waals surface area (Å²) in [6.45, 7) is 0.0492. The summed E-state index contributed by atoms with van der Waals surface area (Å²) in [6.07, 6.45) is 0. The van der Waals surface area contributed by atoms with Crippen LogP contribution in [0.4, 0.5) is 4.39 Å². The Morgan fingerprint density at radius 2 is 1.96 bits per heavy atom. The fourth-order valence-corrected chi connectivity index (χ4v) is 3.68. The minimum atomic E-state index is -0.448. The number of hydrogen-bond acceptors (Lipinski definition) is 5. The van der Waals surface area contributed by atoms with E-state index in [4.69, 9.17) is 21.1 Å². The molecule has 0 spiro atoms. The predicted molar refractivity (Wildman–Crippen MR) is 108 cm³/mol. The molecule has 1 amide bonds. The van der Waals surface area contributed by atoms with Gasteiger partial charge in [0, 0.05) is 28.6 Å². The number of methoxy groups -OCH3 is 2. The Labute approximate surface area is 171 Å². The van der Waals surface area contributed by atoms with Crippen LogP contribution in [0.15, 0.2) is 41.8 Å². The highest BCUT2D eigenvalue weighted by molar-refractivity contribution is 7.13. The molecule has 3 rings (SSSR count). The van der Waals surface area contributed by atoms with Crippen molar-refractivity contribution in [1.82, 2.24) is 9.88 Å². The molecule has 2 aromatic carbocycles. The third-order valence-corrected chi connectivity index (χ3v) is 5.40. The molecule has 0 saturated carbocycles. The highest BCUT2D eigenvalue weighted by atomic mass is 35.5. The standard InChI is InChI=1S/C20H18ClFN2O3S/c1-24(10-13-14(21)5-4-6-15(13)22)20(25)16-11-28-19(23-16)12-7-8-17(26-2)18(9-12)27-3/h4-9,11H,10H2,1-3H3. The molecular weight excluding hydrogens is 403 g/mol. The van der Waals surface area contributed by atoms with E-state index >= 15 is 0 Å². The van der Waals surface area contributed by atoms with Gasteiger partial charge in [0.2, 0.25) is 0 Å². The molecule has 0 aliphatic heterocycles. The number of aromatic nitrogens is 1. The molecule has 1 heterocycles. The molecule has 0 radical (unpaired) electrons. The maximum absolute atomic E-state index is 14.0. The monoisotopic (exact) mass is 420 g/mol. The van der Waals surface area contributed by atoms with Crippen LogP contribution in [0.25, 0.3) is 10.6 Å². The molecule has 1 aromatic heterocycles. The van der Waals surface area contributed by atoms with E-state index in [1.807, 2.05) is 6.07 Å². The summed E-state index contributed by atoms with van der Waals surface area (Å²) in [4.78, 5) is 18.5. The number of hydrogen-bond donors (Lipinski definition) is 0. The third-order valence-electron chi connectivity index (χ3n) is 4.16. The first-order chi connectivity index (χ1) is 13.4. The fraction of sp³-hybridized carbons (Fsp3) is 0.200. The molecule has 0 atom stereocenters. The van der Waals surface area contributed by atoms with Crippen LogP contribution in [0.2, 0.25) is 5.02 Å². The zero-order valence-corrected chi connectivity index (χ0v) is 17.1. The van der Waals surface area contributed by atoms with Gasteiger partial charge in [-0.3, -0.25) is 4.79 Å². The Kier molecular flexibility index (Phi) is 6.16. The summed E-state index contributed by atoms with van der Waals surface area (Å²) in [5, 5.41) is 2.62. The molecule has 0 unspecified atom stereocenters. The van der Waals surface area contributed by atoms with Gasteiger partial charge in [-0.2, -0.15) is 0 Å². The van der Waals surface area contributed by atoms with E-state index in [-0.39, 0.29) is 28.7 Å². The van der Waals surface area contributed by atoms with Crippen LogP contribution in [0.3, 0.4) is 0 Å². The summed E-state index contributed by atoms with van der Waals surface area (Å²) < 4.78 is 24.5. The van der Waals surface area contributed by atoms with Crippen molar-refractivity contribution in [2.24, 2.45) is 0 Å². The molecule has 0 bridgehead atoms. The van der Waals surface area contributed by atoms with Crippen molar-refractivity contribution >= 4 is 28.8 Å². The van der Waals surface area contributed by atoms with Crippen molar-refractivity contribution in [2.45, 2.75) is 6.54 Å². The fourth-order valence-electron chi connectivity index (χ4n) is 2.66. The number of carbonyl (C=O) groups excluding carboxylic acids is 1. The summed E-state index contributed by atoms with van der Waals surface area (Å²) in [6, 6.07) is 9.86. The lowest BCUT2D eigenvalue weighted by Gasteiger charge is -2.17. The lowest BCUT2D eigenvalue weighted by molar-refractivity contribution is 0.0779. The predicted octanol–water partition coefficient (Wildman–Crippen LogP) is 4.89. The number of halogens is 2. The average molecular weight is 421 g/mol. The van der Waals surface area contributed by atoms with Gasteiger partial charge in [-0.05, 0) is 30.3 Å². The second kappa shape index (κ2) is 8.58. The molecule has 0 fully saturated rings. The zero-order valence-electron chi connectivity index (χ0n) is 15.5. The second-order valence-corrected chi connectivity index (χ2v) is 7.23. The van der Waals surface area contributed by atoms with Crippen molar-refractivity contribution < 1.29 is 18.7 Å².